The number of urea groups is 1. The highest BCUT2D eigenvalue weighted by Crippen LogP contribution is 2.30. The zero-order valence-corrected chi connectivity index (χ0v) is 19.7. The number of hydrogen-bond donors (Lipinski definition) is 3. The number of nitrogens with one attached hydrogen (secondary N) is 3. The van der Waals surface area contributed by atoms with Gasteiger partial charge < -0.3 is 25.4 Å². The summed E-state index contributed by atoms with van der Waals surface area (Å²) in [6, 6.07) is 14.7. The molecule has 1 aliphatic rings. The highest BCUT2D eigenvalue weighted by molar-refractivity contribution is 6.32. The number of aromatic nitrogens is 1. The largest absolute Gasteiger partial charge is 0.488 e. The van der Waals surface area contributed by atoms with Crippen molar-refractivity contribution in [2.45, 2.75) is 18.9 Å². The number of hydrogen-bond acceptors (Lipinski definition) is 6. The van der Waals surface area contributed by atoms with Gasteiger partial charge in [0, 0.05) is 56.3 Å². The molecule has 1 aromatic heterocycles. The Kier molecular flexibility index (Phi) is 7.79. The minimum absolute atomic E-state index is 0.0514. The van der Waals surface area contributed by atoms with Gasteiger partial charge in [0.05, 0.1) is 5.02 Å². The van der Waals surface area contributed by atoms with Crippen LogP contribution in [0.5, 0.6) is 17.2 Å². The molecule has 3 aromatic rings. The minimum Gasteiger partial charge on any atom is -0.488 e. The van der Waals surface area contributed by atoms with Crippen molar-refractivity contribution < 1.29 is 19.1 Å². The molecule has 0 saturated carbocycles. The summed E-state index contributed by atoms with van der Waals surface area (Å²) in [5.74, 6) is 1.28. The Morgan fingerprint density at radius 2 is 1.77 bits per heavy atom. The van der Waals surface area contributed by atoms with Crippen LogP contribution in [0.1, 0.15) is 23.3 Å². The van der Waals surface area contributed by atoms with E-state index >= 15 is 0 Å². The number of pyridine rings is 1. The Labute approximate surface area is 207 Å². The molecule has 3 N–H and O–H groups in total. The average Bonchev–Trinajstić information content (AvgIpc) is 2.87. The highest BCUT2D eigenvalue weighted by atomic mass is 35.5. The molecule has 0 saturated heterocycles. The first-order valence-corrected chi connectivity index (χ1v) is 11.4. The van der Waals surface area contributed by atoms with Crippen molar-refractivity contribution in [2.24, 2.45) is 4.99 Å². The van der Waals surface area contributed by atoms with Crippen LogP contribution in [0, 0.1) is 0 Å². The van der Waals surface area contributed by atoms with Gasteiger partial charge in [-0.3, -0.25) is 14.8 Å². The molecule has 35 heavy (non-hydrogen) atoms. The highest BCUT2D eigenvalue weighted by Gasteiger charge is 2.15. The second-order valence-corrected chi connectivity index (χ2v) is 8.07. The summed E-state index contributed by atoms with van der Waals surface area (Å²) in [5, 5.41) is 8.44. The molecule has 0 radical (unpaired) electrons. The summed E-state index contributed by atoms with van der Waals surface area (Å²) in [6.45, 7) is 0.748. The lowest BCUT2D eigenvalue weighted by Crippen LogP contribution is -2.21. The molecule has 0 spiro atoms. The number of anilines is 2. The quantitative estimate of drug-likeness (QED) is 0.421. The molecule has 1 atom stereocenters. The molecule has 3 amide bonds. The molecule has 1 unspecified atom stereocenters. The molecule has 0 aliphatic carbocycles. The van der Waals surface area contributed by atoms with Crippen LogP contribution >= 0.6 is 11.6 Å². The number of nitrogens with zero attached hydrogens (tertiary/aromatic N) is 2. The van der Waals surface area contributed by atoms with Gasteiger partial charge in [0.2, 0.25) is 0 Å². The number of amides is 3. The standard InChI is InChI=1S/C25H24ClN5O4/c1-27-24(32)22-15-20(10-13-29-22)34-18-5-2-16(3-6-18)30-25(33)31-17-4-7-23(21(26)14-17)35-19-8-11-28-12-9-19/h2-7,10-11,13-15,19H,8-9,12H2,1H3,(H,27,32)(H2,30,31,33). The van der Waals surface area contributed by atoms with Gasteiger partial charge >= 0.3 is 6.03 Å². The monoisotopic (exact) mass is 493 g/mol. The van der Waals surface area contributed by atoms with Crippen LogP contribution in [0.4, 0.5) is 16.2 Å². The Morgan fingerprint density at radius 1 is 1.00 bits per heavy atom. The smallest absolute Gasteiger partial charge is 0.323 e. The molecule has 4 rings (SSSR count). The van der Waals surface area contributed by atoms with Gasteiger partial charge in [-0.05, 0) is 48.5 Å². The number of aliphatic imine (C=N–C) groups is 1. The predicted octanol–water partition coefficient (Wildman–Crippen LogP) is 5.14. The first-order valence-electron chi connectivity index (χ1n) is 11.0. The number of benzene rings is 2. The molecular weight excluding hydrogens is 470 g/mol. The van der Waals surface area contributed by atoms with Crippen molar-refractivity contribution in [3.63, 3.8) is 0 Å². The third-order valence-corrected chi connectivity index (χ3v) is 5.40. The summed E-state index contributed by atoms with van der Waals surface area (Å²) in [6.07, 6.45) is 5.01. The molecule has 0 bridgehead atoms. The topological polar surface area (TPSA) is 114 Å². The Bertz CT molecular complexity index is 1230. The van der Waals surface area contributed by atoms with E-state index in [9.17, 15) is 9.59 Å². The van der Waals surface area contributed by atoms with Crippen molar-refractivity contribution >= 4 is 41.1 Å². The third kappa shape index (κ3) is 6.70. The molecule has 2 heterocycles. The second-order valence-electron chi connectivity index (χ2n) is 7.66. The average molecular weight is 494 g/mol. The summed E-state index contributed by atoms with van der Waals surface area (Å²) >= 11 is 6.34. The van der Waals surface area contributed by atoms with Crippen molar-refractivity contribution in [3.05, 3.63) is 71.5 Å². The van der Waals surface area contributed by atoms with Gasteiger partial charge in [0.1, 0.15) is 29.0 Å². The lowest BCUT2D eigenvalue weighted by molar-refractivity contribution is 0.0957. The van der Waals surface area contributed by atoms with Crippen LogP contribution in [0.15, 0.2) is 65.8 Å². The van der Waals surface area contributed by atoms with E-state index in [1.165, 1.54) is 13.2 Å². The maximum atomic E-state index is 12.4. The molecule has 10 heteroatoms. The van der Waals surface area contributed by atoms with E-state index in [0.29, 0.717) is 33.6 Å². The van der Waals surface area contributed by atoms with Crippen LogP contribution < -0.4 is 25.4 Å². The number of carbonyl (C=O) groups excluding carboxylic acids is 2. The maximum absolute atomic E-state index is 12.4. The lowest BCUT2D eigenvalue weighted by Gasteiger charge is -2.20. The lowest BCUT2D eigenvalue weighted by atomic mass is 10.1. The number of halogens is 1. The van der Waals surface area contributed by atoms with E-state index in [4.69, 9.17) is 21.1 Å². The van der Waals surface area contributed by atoms with Crippen LogP contribution in [-0.4, -0.2) is 42.8 Å². The van der Waals surface area contributed by atoms with Crippen LogP contribution in [-0.2, 0) is 0 Å². The summed E-state index contributed by atoms with van der Waals surface area (Å²) in [4.78, 5) is 32.3. The number of rotatable bonds is 7. The molecule has 180 valence electrons. The number of ether oxygens (including phenoxy) is 2. The van der Waals surface area contributed by atoms with Gasteiger partial charge in [-0.2, -0.15) is 0 Å². The van der Waals surface area contributed by atoms with Crippen molar-refractivity contribution in [2.75, 3.05) is 24.2 Å². The van der Waals surface area contributed by atoms with Crippen LogP contribution in [0.2, 0.25) is 5.02 Å². The van der Waals surface area contributed by atoms with Crippen molar-refractivity contribution in [3.8, 4) is 17.2 Å². The molecule has 1 aliphatic heterocycles. The van der Waals surface area contributed by atoms with E-state index in [0.717, 1.165) is 19.4 Å². The van der Waals surface area contributed by atoms with Crippen molar-refractivity contribution in [1.29, 1.82) is 0 Å². The summed E-state index contributed by atoms with van der Waals surface area (Å²) < 4.78 is 11.7. The van der Waals surface area contributed by atoms with Gasteiger partial charge in [0.25, 0.3) is 5.91 Å². The first kappa shape index (κ1) is 24.0. The molecule has 0 fully saturated rings. The Morgan fingerprint density at radius 3 is 2.49 bits per heavy atom. The Hall–Kier alpha value is -4.11. The Balaban J connectivity index is 1.31. The molecule has 2 aromatic carbocycles. The fraction of sp³-hybridized carbons (Fsp3) is 0.200. The van der Waals surface area contributed by atoms with Gasteiger partial charge in [-0.1, -0.05) is 11.6 Å². The normalized spacial score (nSPS) is 14.6. The van der Waals surface area contributed by atoms with E-state index in [1.807, 2.05) is 6.21 Å². The summed E-state index contributed by atoms with van der Waals surface area (Å²) in [5.41, 5.74) is 1.36. The van der Waals surface area contributed by atoms with E-state index < -0.39 is 6.03 Å². The maximum Gasteiger partial charge on any atom is 0.323 e. The minimum atomic E-state index is -0.420. The second kappa shape index (κ2) is 11.3. The zero-order valence-electron chi connectivity index (χ0n) is 19.0. The van der Waals surface area contributed by atoms with Gasteiger partial charge in [-0.15, -0.1) is 0 Å². The first-order chi connectivity index (χ1) is 17.0. The molecule has 9 nitrogen and oxygen atoms in total. The predicted molar refractivity (Wildman–Crippen MR) is 135 cm³/mol. The van der Waals surface area contributed by atoms with E-state index in [-0.39, 0.29) is 17.7 Å². The summed E-state index contributed by atoms with van der Waals surface area (Å²) in [7, 11) is 1.53. The van der Waals surface area contributed by atoms with Crippen LogP contribution in [0.3, 0.4) is 0 Å². The van der Waals surface area contributed by atoms with Crippen molar-refractivity contribution in [1.82, 2.24) is 10.3 Å². The zero-order chi connectivity index (χ0) is 24.6. The van der Waals surface area contributed by atoms with Gasteiger partial charge in [-0.25, -0.2) is 4.79 Å². The SMILES string of the molecule is CNC(=O)c1cc(Oc2ccc(NC(=O)Nc3ccc(OC4CC=NCC4)c(Cl)c3)cc2)ccn1. The fourth-order valence-corrected chi connectivity index (χ4v) is 3.57. The van der Waals surface area contributed by atoms with Crippen LogP contribution in [0.25, 0.3) is 0 Å². The third-order valence-electron chi connectivity index (χ3n) is 5.10. The molecular formula is C25H24ClN5O4. The van der Waals surface area contributed by atoms with E-state index in [1.54, 1.807) is 54.6 Å². The van der Waals surface area contributed by atoms with Gasteiger partial charge in [0.15, 0.2) is 0 Å². The fourth-order valence-electron chi connectivity index (χ4n) is 3.34. The number of carbonyl (C=O) groups is 2. The van der Waals surface area contributed by atoms with E-state index in [2.05, 4.69) is 25.9 Å².